The average molecular weight is 616 g/mol. The van der Waals surface area contributed by atoms with E-state index in [-0.39, 0.29) is 42.8 Å². The number of aryl methyl sites for hydroxylation is 2. The van der Waals surface area contributed by atoms with E-state index in [1.807, 2.05) is 58.0 Å². The van der Waals surface area contributed by atoms with Crippen LogP contribution in [0.5, 0.6) is 0 Å². The molecular weight excluding hydrogens is 584 g/mol. The van der Waals surface area contributed by atoms with Crippen LogP contribution < -0.4 is 10.2 Å². The first-order valence-electron chi connectivity index (χ1n) is 13.8. The maximum Gasteiger partial charge on any atom is 2.00 e. The van der Waals surface area contributed by atoms with Crippen LogP contribution in [0.2, 0.25) is 0 Å². The van der Waals surface area contributed by atoms with Crippen molar-refractivity contribution < 1.29 is 36.9 Å². The number of H-pyrrole nitrogens is 2. The molecule has 0 aromatic carbocycles. The van der Waals surface area contributed by atoms with Crippen LogP contribution in [0.25, 0.3) is 56.5 Å². The number of aromatic amines is 2. The van der Waals surface area contributed by atoms with Crippen molar-refractivity contribution in [1.29, 1.82) is 0 Å². The van der Waals surface area contributed by atoms with E-state index >= 15 is 0 Å². The van der Waals surface area contributed by atoms with Crippen LogP contribution >= 0.6 is 0 Å². The molecule has 8 nitrogen and oxygen atoms in total. The molecular formula is C34H32FeN4O4. The zero-order valence-corrected chi connectivity index (χ0v) is 25.7. The van der Waals surface area contributed by atoms with Gasteiger partial charge in [0.15, 0.2) is 0 Å². The number of carbonyl (C=O) groups is 2. The Balaban J connectivity index is 0.00000423. The minimum Gasteiger partial charge on any atom is -0.550 e. The number of fused-ring (bicyclic) bond motifs is 8. The molecule has 0 aliphatic carbocycles. The molecule has 0 saturated heterocycles. The van der Waals surface area contributed by atoms with E-state index in [1.165, 1.54) is 0 Å². The molecule has 5 rings (SSSR count). The Hall–Kier alpha value is -4.46. The normalized spacial score (nSPS) is 12.7. The number of allylic oxidation sites excluding steroid dienone is 4. The van der Waals surface area contributed by atoms with Gasteiger partial charge in [-0.25, -0.2) is 9.97 Å². The number of aromatic nitrogens is 4. The molecule has 5 heterocycles. The molecule has 9 heteroatoms. The number of rotatable bonds is 8. The van der Waals surface area contributed by atoms with Crippen molar-refractivity contribution in [3.63, 3.8) is 0 Å². The van der Waals surface area contributed by atoms with E-state index < -0.39 is 11.9 Å². The van der Waals surface area contributed by atoms with Crippen LogP contribution in [0, 0.1) is 13.8 Å². The molecule has 0 saturated carbocycles. The quantitative estimate of drug-likeness (QED) is 0.337. The van der Waals surface area contributed by atoms with Crippen LogP contribution in [0.4, 0.5) is 0 Å². The number of carbonyl (C=O) groups excluding carboxylic acids is 2. The van der Waals surface area contributed by atoms with Crippen molar-refractivity contribution in [1.82, 2.24) is 19.9 Å². The Kier molecular flexibility index (Phi) is 9.09. The van der Waals surface area contributed by atoms with Gasteiger partial charge in [0, 0.05) is 45.1 Å². The van der Waals surface area contributed by atoms with Gasteiger partial charge in [0.25, 0.3) is 0 Å². The summed E-state index contributed by atoms with van der Waals surface area (Å²) in [6, 6.07) is 7.78. The smallest absolute Gasteiger partial charge is 0.550 e. The zero-order chi connectivity index (χ0) is 30.3. The Labute approximate surface area is 260 Å². The summed E-state index contributed by atoms with van der Waals surface area (Å²) in [6.07, 6.45) is 3.79. The van der Waals surface area contributed by atoms with Crippen molar-refractivity contribution in [2.75, 3.05) is 0 Å². The summed E-state index contributed by atoms with van der Waals surface area (Å²) >= 11 is 0. The van der Waals surface area contributed by atoms with Gasteiger partial charge in [-0.15, -0.1) is 0 Å². The van der Waals surface area contributed by atoms with Crippen molar-refractivity contribution in [3.05, 3.63) is 82.5 Å². The molecule has 43 heavy (non-hydrogen) atoms. The third kappa shape index (κ3) is 5.91. The third-order valence-corrected chi connectivity index (χ3v) is 8.20. The Morgan fingerprint density at radius 1 is 0.674 bits per heavy atom. The van der Waals surface area contributed by atoms with Gasteiger partial charge >= 0.3 is 17.1 Å². The monoisotopic (exact) mass is 616 g/mol. The summed E-state index contributed by atoms with van der Waals surface area (Å²) in [5, 5.41) is 22.8. The number of aliphatic carboxylic acids is 2. The summed E-state index contributed by atoms with van der Waals surface area (Å²) < 4.78 is 0. The van der Waals surface area contributed by atoms with E-state index in [0.717, 1.165) is 66.6 Å². The number of hydrogen-bond acceptors (Lipinski definition) is 6. The van der Waals surface area contributed by atoms with E-state index in [9.17, 15) is 19.8 Å². The van der Waals surface area contributed by atoms with E-state index in [4.69, 9.17) is 9.97 Å². The molecule has 0 unspecified atom stereocenters. The second kappa shape index (κ2) is 12.4. The molecule has 3 aromatic rings. The fraction of sp³-hybridized carbons (Fsp3) is 0.235. The predicted molar refractivity (Wildman–Crippen MR) is 164 cm³/mol. The maximum atomic E-state index is 11.4. The standard InChI is InChI=1S/C34H34N4O4.Fe/c1-7-21-17(3)25-13-26-19(5)23(9-11-33(39)40)31(37-26)16-32-24(10-12-34(41)42)20(6)28(38-32)15-30-22(8-2)18(4)27(36-30)14-29(21)35-25;/h7-8,13-16,35-36H,1-2,9-12H2,3-6H3,(H,39,40)(H,41,42);/q;+2/p-2. The van der Waals surface area contributed by atoms with Crippen LogP contribution in [0.3, 0.4) is 0 Å². The van der Waals surface area contributed by atoms with Crippen molar-refractivity contribution in [3.8, 4) is 0 Å². The summed E-state index contributed by atoms with van der Waals surface area (Å²) in [4.78, 5) is 39.7. The molecule has 0 atom stereocenters. The summed E-state index contributed by atoms with van der Waals surface area (Å²) in [5.41, 5.74) is 13.3. The van der Waals surface area contributed by atoms with Crippen LogP contribution in [-0.2, 0) is 26.7 Å². The fourth-order valence-electron chi connectivity index (χ4n) is 5.76. The Bertz CT molecular complexity index is 1920. The summed E-state index contributed by atoms with van der Waals surface area (Å²) in [7, 11) is 0. The predicted octanol–water partition coefficient (Wildman–Crippen LogP) is 5.14. The minimum absolute atomic E-state index is 0. The van der Waals surface area contributed by atoms with Gasteiger partial charge in [-0.2, -0.15) is 0 Å². The van der Waals surface area contributed by atoms with Gasteiger partial charge in [0.05, 0.1) is 22.8 Å². The molecule has 0 amide bonds. The molecule has 3 aromatic heterocycles. The van der Waals surface area contributed by atoms with E-state index in [1.54, 1.807) is 6.08 Å². The molecule has 0 radical (unpaired) electrons. The Morgan fingerprint density at radius 3 is 1.49 bits per heavy atom. The molecule has 0 fully saturated rings. The van der Waals surface area contributed by atoms with Gasteiger partial charge in [-0.3, -0.25) is 0 Å². The molecule has 0 spiro atoms. The number of nitrogens with one attached hydrogen (secondary N) is 2. The van der Waals surface area contributed by atoms with Crippen LogP contribution in [0.1, 0.15) is 84.6 Å². The summed E-state index contributed by atoms with van der Waals surface area (Å²) in [5.74, 6) is -2.29. The SMILES string of the molecule is C=Cc1c(C)c2cc3[nH]c(cc4nc(cc5nc(cc1[nH]2)C(C)=C5CCC(=O)[O-])C(CCC(=O)[O-])=C4C)c(C)c3C=C.[Fe+2]. The number of nitrogens with zero attached hydrogens (tertiary/aromatic N) is 2. The summed E-state index contributed by atoms with van der Waals surface area (Å²) in [6.45, 7) is 16.0. The van der Waals surface area contributed by atoms with Crippen LogP contribution in [-0.4, -0.2) is 31.9 Å². The maximum absolute atomic E-state index is 11.4. The molecule has 2 aliphatic rings. The van der Waals surface area contributed by atoms with Gasteiger partial charge < -0.3 is 29.8 Å². The number of carboxylic acid groups (broad SMARTS) is 2. The third-order valence-electron chi connectivity index (χ3n) is 8.20. The zero-order valence-electron chi connectivity index (χ0n) is 24.6. The van der Waals surface area contributed by atoms with Gasteiger partial charge in [-0.1, -0.05) is 25.3 Å². The minimum atomic E-state index is -1.15. The molecule has 2 N–H and O–H groups in total. The molecule has 220 valence electrons. The Morgan fingerprint density at radius 2 is 1.07 bits per heavy atom. The van der Waals surface area contributed by atoms with Gasteiger partial charge in [-0.05, 0) is 111 Å². The number of hydrogen-bond donors (Lipinski definition) is 2. The molecule has 8 bridgehead atoms. The number of carboxylic acids is 2. The van der Waals surface area contributed by atoms with Crippen molar-refractivity contribution >= 4 is 68.4 Å². The first-order valence-corrected chi connectivity index (χ1v) is 13.8. The van der Waals surface area contributed by atoms with E-state index in [2.05, 4.69) is 23.1 Å². The van der Waals surface area contributed by atoms with Gasteiger partial charge in [0.2, 0.25) is 0 Å². The van der Waals surface area contributed by atoms with Gasteiger partial charge in [0.1, 0.15) is 0 Å². The molecule has 2 aliphatic heterocycles. The second-order valence-electron chi connectivity index (χ2n) is 10.7. The van der Waals surface area contributed by atoms with Crippen LogP contribution in [0.15, 0.2) is 37.4 Å². The fourth-order valence-corrected chi connectivity index (χ4v) is 5.76. The van der Waals surface area contributed by atoms with E-state index in [0.29, 0.717) is 22.8 Å². The first kappa shape index (κ1) is 31.5. The largest absolute Gasteiger partial charge is 2.00 e. The topological polar surface area (TPSA) is 138 Å². The van der Waals surface area contributed by atoms with Crippen molar-refractivity contribution in [2.24, 2.45) is 0 Å². The average Bonchev–Trinajstić information content (AvgIpc) is 3.59. The second-order valence-corrected chi connectivity index (χ2v) is 10.7. The first-order chi connectivity index (χ1) is 20.0. The van der Waals surface area contributed by atoms with Crippen molar-refractivity contribution in [2.45, 2.75) is 53.4 Å².